The number of nitrogens with zero attached hydrogens (tertiary/aromatic N) is 1. The molecular weight excluding hydrogens is 272 g/mol. The number of aryl methyl sites for hydroxylation is 1. The van der Waals surface area contributed by atoms with Crippen molar-refractivity contribution in [2.75, 3.05) is 13.1 Å². The van der Waals surface area contributed by atoms with Gasteiger partial charge in [-0.1, -0.05) is 43.4 Å². The first-order chi connectivity index (χ1) is 9.47. The fourth-order valence-corrected chi connectivity index (χ4v) is 2.60. The molecule has 0 saturated carbocycles. The van der Waals surface area contributed by atoms with Crippen molar-refractivity contribution < 1.29 is 9.90 Å². The predicted molar refractivity (Wildman–Crippen MR) is 84.8 cm³/mol. The van der Waals surface area contributed by atoms with Crippen molar-refractivity contribution >= 4 is 23.2 Å². The largest absolute Gasteiger partial charge is 0.481 e. The summed E-state index contributed by atoms with van der Waals surface area (Å²) < 4.78 is 0. The molecular formula is C15H22N2O2S. The van der Waals surface area contributed by atoms with Crippen LogP contribution in [0.1, 0.15) is 36.9 Å². The molecule has 0 saturated heterocycles. The third kappa shape index (κ3) is 4.58. The minimum Gasteiger partial charge on any atom is -0.481 e. The Bertz CT molecular complexity index is 477. The molecule has 0 fully saturated rings. The van der Waals surface area contributed by atoms with Crippen molar-refractivity contribution in [3.8, 4) is 0 Å². The maximum Gasteiger partial charge on any atom is 0.304 e. The van der Waals surface area contributed by atoms with Gasteiger partial charge in [0.25, 0.3) is 0 Å². The molecule has 0 bridgehead atoms. The van der Waals surface area contributed by atoms with Crippen LogP contribution in [-0.2, 0) is 4.79 Å². The minimum atomic E-state index is -0.808. The van der Waals surface area contributed by atoms with Crippen molar-refractivity contribution in [1.82, 2.24) is 4.90 Å². The lowest BCUT2D eigenvalue weighted by Gasteiger charge is -2.31. The van der Waals surface area contributed by atoms with Gasteiger partial charge in [0.05, 0.1) is 17.5 Å². The molecule has 3 N–H and O–H groups in total. The van der Waals surface area contributed by atoms with Crippen LogP contribution in [0.5, 0.6) is 0 Å². The average Bonchev–Trinajstić information content (AvgIpc) is 2.38. The van der Waals surface area contributed by atoms with Crippen LogP contribution in [0.2, 0.25) is 0 Å². The molecule has 0 aliphatic heterocycles. The zero-order valence-electron chi connectivity index (χ0n) is 12.0. The summed E-state index contributed by atoms with van der Waals surface area (Å²) in [5.41, 5.74) is 8.08. The lowest BCUT2D eigenvalue weighted by molar-refractivity contribution is -0.137. The van der Waals surface area contributed by atoms with Gasteiger partial charge in [-0.25, -0.2) is 0 Å². The summed E-state index contributed by atoms with van der Waals surface area (Å²) in [4.78, 5) is 13.3. The van der Waals surface area contributed by atoms with Gasteiger partial charge in [0.2, 0.25) is 0 Å². The molecule has 0 spiro atoms. The topological polar surface area (TPSA) is 66.6 Å². The maximum atomic E-state index is 10.8. The molecule has 1 aromatic carbocycles. The third-order valence-electron chi connectivity index (χ3n) is 3.24. The van der Waals surface area contributed by atoms with Gasteiger partial charge in [0.1, 0.15) is 0 Å². The third-order valence-corrected chi connectivity index (χ3v) is 3.46. The van der Waals surface area contributed by atoms with Crippen LogP contribution in [0.3, 0.4) is 0 Å². The molecule has 0 aromatic heterocycles. The summed E-state index contributed by atoms with van der Waals surface area (Å²) in [7, 11) is 0. The highest BCUT2D eigenvalue weighted by Crippen LogP contribution is 2.24. The lowest BCUT2D eigenvalue weighted by Crippen LogP contribution is -2.39. The standard InChI is InChI=1S/C15H22N2O2S/c1-3-9-17(10-8-13(18)19)14(15(16)20)12-7-5-4-6-11(12)2/h4-7,14H,3,8-10H2,1-2H3,(H2,16,20)(H,18,19). The Morgan fingerprint density at radius 1 is 1.40 bits per heavy atom. The zero-order chi connectivity index (χ0) is 15.1. The maximum absolute atomic E-state index is 10.8. The van der Waals surface area contributed by atoms with E-state index in [0.717, 1.165) is 24.1 Å². The molecule has 1 rings (SSSR count). The molecule has 1 unspecified atom stereocenters. The Balaban J connectivity index is 3.05. The van der Waals surface area contributed by atoms with Gasteiger partial charge in [-0.05, 0) is 31.0 Å². The van der Waals surface area contributed by atoms with E-state index in [1.165, 1.54) is 0 Å². The van der Waals surface area contributed by atoms with Crippen molar-refractivity contribution in [2.24, 2.45) is 5.73 Å². The van der Waals surface area contributed by atoms with E-state index in [-0.39, 0.29) is 12.5 Å². The smallest absolute Gasteiger partial charge is 0.304 e. The molecule has 4 nitrogen and oxygen atoms in total. The molecule has 1 atom stereocenters. The predicted octanol–water partition coefficient (Wildman–Crippen LogP) is 2.51. The van der Waals surface area contributed by atoms with Crippen molar-refractivity contribution in [3.63, 3.8) is 0 Å². The first-order valence-corrected chi connectivity index (χ1v) is 7.18. The SMILES string of the molecule is CCCN(CCC(=O)O)C(C(N)=S)c1ccccc1C. The molecule has 1 aromatic rings. The second-order valence-corrected chi connectivity index (χ2v) is 5.31. The second-order valence-electron chi connectivity index (χ2n) is 4.84. The first kappa shape index (κ1) is 16.6. The van der Waals surface area contributed by atoms with E-state index in [2.05, 4.69) is 11.8 Å². The molecule has 0 amide bonds. The summed E-state index contributed by atoms with van der Waals surface area (Å²) in [6.45, 7) is 5.29. The summed E-state index contributed by atoms with van der Waals surface area (Å²) in [6, 6.07) is 7.74. The highest BCUT2D eigenvalue weighted by atomic mass is 32.1. The van der Waals surface area contributed by atoms with Crippen LogP contribution >= 0.6 is 12.2 Å². The van der Waals surface area contributed by atoms with E-state index in [1.807, 2.05) is 31.2 Å². The highest BCUT2D eigenvalue weighted by Gasteiger charge is 2.24. The molecule has 0 aliphatic carbocycles. The van der Waals surface area contributed by atoms with E-state index in [0.29, 0.717) is 11.5 Å². The van der Waals surface area contributed by atoms with E-state index in [9.17, 15) is 4.79 Å². The van der Waals surface area contributed by atoms with Crippen molar-refractivity contribution in [3.05, 3.63) is 35.4 Å². The molecule has 0 aliphatic rings. The van der Waals surface area contributed by atoms with E-state index in [4.69, 9.17) is 23.1 Å². The number of thiocarbonyl (C=S) groups is 1. The second kappa shape index (κ2) is 7.97. The van der Waals surface area contributed by atoms with Gasteiger partial charge < -0.3 is 10.8 Å². The summed E-state index contributed by atoms with van der Waals surface area (Å²) >= 11 is 5.22. The Morgan fingerprint density at radius 3 is 2.55 bits per heavy atom. The van der Waals surface area contributed by atoms with Gasteiger partial charge in [-0.15, -0.1) is 0 Å². The average molecular weight is 294 g/mol. The summed E-state index contributed by atoms with van der Waals surface area (Å²) in [6.07, 6.45) is 1.01. The molecule has 110 valence electrons. The molecule has 20 heavy (non-hydrogen) atoms. The van der Waals surface area contributed by atoms with Gasteiger partial charge in [-0.3, -0.25) is 9.69 Å². The Morgan fingerprint density at radius 2 is 2.05 bits per heavy atom. The number of rotatable bonds is 8. The number of carboxylic acid groups (broad SMARTS) is 1. The normalized spacial score (nSPS) is 12.3. The van der Waals surface area contributed by atoms with Gasteiger partial charge >= 0.3 is 5.97 Å². The van der Waals surface area contributed by atoms with Crippen molar-refractivity contribution in [2.45, 2.75) is 32.7 Å². The van der Waals surface area contributed by atoms with Crippen LogP contribution in [0.15, 0.2) is 24.3 Å². The molecule has 0 heterocycles. The van der Waals surface area contributed by atoms with Crippen LogP contribution < -0.4 is 5.73 Å². The van der Waals surface area contributed by atoms with E-state index in [1.54, 1.807) is 0 Å². The number of carbonyl (C=O) groups is 1. The fraction of sp³-hybridized carbons (Fsp3) is 0.467. The molecule has 5 heteroatoms. The van der Waals surface area contributed by atoms with E-state index < -0.39 is 5.97 Å². The molecule has 0 radical (unpaired) electrons. The Hall–Kier alpha value is -1.46. The Kier molecular flexibility index (Phi) is 6.61. The quantitative estimate of drug-likeness (QED) is 0.721. The van der Waals surface area contributed by atoms with Crippen LogP contribution in [0.4, 0.5) is 0 Å². The highest BCUT2D eigenvalue weighted by molar-refractivity contribution is 7.80. The van der Waals surface area contributed by atoms with Gasteiger partial charge in [0, 0.05) is 6.54 Å². The van der Waals surface area contributed by atoms with Crippen LogP contribution in [0.25, 0.3) is 0 Å². The first-order valence-electron chi connectivity index (χ1n) is 6.78. The number of hydrogen-bond donors (Lipinski definition) is 2. The fourth-order valence-electron chi connectivity index (χ4n) is 2.32. The minimum absolute atomic E-state index is 0.0883. The van der Waals surface area contributed by atoms with Crippen LogP contribution in [-0.4, -0.2) is 34.1 Å². The number of aliphatic carboxylic acids is 1. The van der Waals surface area contributed by atoms with Crippen molar-refractivity contribution in [1.29, 1.82) is 0 Å². The Labute approximate surface area is 125 Å². The number of benzene rings is 1. The number of nitrogens with two attached hydrogens (primary N) is 1. The summed E-state index contributed by atoms with van der Waals surface area (Å²) in [5, 5.41) is 8.89. The zero-order valence-corrected chi connectivity index (χ0v) is 12.8. The van der Waals surface area contributed by atoms with E-state index >= 15 is 0 Å². The monoisotopic (exact) mass is 294 g/mol. The van der Waals surface area contributed by atoms with Crippen LogP contribution in [0, 0.1) is 6.92 Å². The number of carboxylic acids is 1. The lowest BCUT2D eigenvalue weighted by atomic mass is 9.99. The van der Waals surface area contributed by atoms with Gasteiger partial charge in [-0.2, -0.15) is 0 Å². The summed E-state index contributed by atoms with van der Waals surface area (Å²) in [5.74, 6) is -0.808. The number of hydrogen-bond acceptors (Lipinski definition) is 3. The van der Waals surface area contributed by atoms with Gasteiger partial charge in [0.15, 0.2) is 0 Å².